The van der Waals surface area contributed by atoms with E-state index in [1.807, 2.05) is 0 Å². The first-order valence-electron chi connectivity index (χ1n) is 12.6. The fourth-order valence-corrected chi connectivity index (χ4v) is 7.31. The lowest BCUT2D eigenvalue weighted by Crippen LogP contribution is -2.36. The Balaban J connectivity index is 2.44. The Kier molecular flexibility index (Phi) is 16.2. The van der Waals surface area contributed by atoms with E-state index in [1.54, 1.807) is 0 Å². The second kappa shape index (κ2) is 17.9. The molecule has 0 aliphatic heterocycles. The molecule has 1 nitrogen and oxygen atoms in total. The molecule has 0 N–H and O–H groups in total. The van der Waals surface area contributed by atoms with Crippen LogP contribution in [0.25, 0.3) is 0 Å². The SMILES string of the molecule is C=C[Si](CCCCCCCCC)(CCCCCCCCC)OCc1ccccc1. The first kappa shape index (κ1) is 26.2. The minimum Gasteiger partial charge on any atom is -0.409 e. The molecule has 0 aromatic heterocycles. The second-order valence-corrected chi connectivity index (χ2v) is 12.6. The van der Waals surface area contributed by atoms with Gasteiger partial charge in [-0.25, -0.2) is 0 Å². The number of hydrogen-bond donors (Lipinski definition) is 0. The van der Waals surface area contributed by atoms with Gasteiger partial charge in [-0.1, -0.05) is 140 Å². The lowest BCUT2D eigenvalue weighted by Gasteiger charge is -2.29. The van der Waals surface area contributed by atoms with Crippen LogP contribution in [-0.2, 0) is 11.0 Å². The maximum atomic E-state index is 6.68. The van der Waals surface area contributed by atoms with Crippen molar-refractivity contribution in [3.8, 4) is 0 Å². The molecule has 0 atom stereocenters. The highest BCUT2D eigenvalue weighted by atomic mass is 28.4. The summed E-state index contributed by atoms with van der Waals surface area (Å²) in [6.45, 7) is 9.60. The second-order valence-electron chi connectivity index (χ2n) is 8.79. The van der Waals surface area contributed by atoms with Crippen LogP contribution in [-0.4, -0.2) is 8.32 Å². The van der Waals surface area contributed by atoms with Gasteiger partial charge in [0.15, 0.2) is 0 Å². The Morgan fingerprint density at radius 2 is 1.14 bits per heavy atom. The average molecular weight is 417 g/mol. The molecule has 29 heavy (non-hydrogen) atoms. The molecular formula is C27H48OSi. The zero-order valence-electron chi connectivity index (χ0n) is 19.6. The highest BCUT2D eigenvalue weighted by Gasteiger charge is 2.30. The molecule has 0 spiro atoms. The number of benzene rings is 1. The van der Waals surface area contributed by atoms with Gasteiger partial charge in [0.1, 0.15) is 0 Å². The maximum absolute atomic E-state index is 6.68. The molecule has 0 unspecified atom stereocenters. The van der Waals surface area contributed by atoms with Crippen LogP contribution in [0.4, 0.5) is 0 Å². The van der Waals surface area contributed by atoms with E-state index in [-0.39, 0.29) is 0 Å². The zero-order valence-corrected chi connectivity index (χ0v) is 20.6. The Bertz CT molecular complexity index is 467. The summed E-state index contributed by atoms with van der Waals surface area (Å²) in [7, 11) is -1.84. The van der Waals surface area contributed by atoms with Gasteiger partial charge in [-0.2, -0.15) is 0 Å². The van der Waals surface area contributed by atoms with E-state index in [0.29, 0.717) is 0 Å². The van der Waals surface area contributed by atoms with E-state index < -0.39 is 8.32 Å². The Labute approximate surface area is 183 Å². The third kappa shape index (κ3) is 13.1. The fourth-order valence-electron chi connectivity index (χ4n) is 4.10. The van der Waals surface area contributed by atoms with E-state index in [0.717, 1.165) is 6.61 Å². The van der Waals surface area contributed by atoms with Crippen molar-refractivity contribution in [3.05, 3.63) is 48.2 Å². The number of unbranched alkanes of at least 4 members (excludes halogenated alkanes) is 12. The van der Waals surface area contributed by atoms with Crippen molar-refractivity contribution in [2.24, 2.45) is 0 Å². The molecule has 0 saturated carbocycles. The number of rotatable bonds is 20. The summed E-state index contributed by atoms with van der Waals surface area (Å²) >= 11 is 0. The molecule has 0 amide bonds. The van der Waals surface area contributed by atoms with Crippen LogP contribution < -0.4 is 0 Å². The van der Waals surface area contributed by atoms with Gasteiger partial charge in [0.25, 0.3) is 0 Å². The summed E-state index contributed by atoms with van der Waals surface area (Å²) in [6, 6.07) is 13.2. The summed E-state index contributed by atoms with van der Waals surface area (Å²) in [5.41, 5.74) is 3.55. The van der Waals surface area contributed by atoms with Crippen LogP contribution >= 0.6 is 0 Å². The van der Waals surface area contributed by atoms with Crippen LogP contribution in [0.5, 0.6) is 0 Å². The highest BCUT2D eigenvalue weighted by molar-refractivity contribution is 6.78. The molecule has 1 aromatic carbocycles. The van der Waals surface area contributed by atoms with Gasteiger partial charge in [-0.3, -0.25) is 0 Å². The van der Waals surface area contributed by atoms with Gasteiger partial charge in [0.2, 0.25) is 8.32 Å². The zero-order chi connectivity index (χ0) is 21.0. The topological polar surface area (TPSA) is 9.23 Å². The molecule has 0 radical (unpaired) electrons. The summed E-state index contributed by atoms with van der Waals surface area (Å²) in [5.74, 6) is 0. The van der Waals surface area contributed by atoms with Gasteiger partial charge >= 0.3 is 0 Å². The molecule has 0 fully saturated rings. The first-order valence-corrected chi connectivity index (χ1v) is 15.0. The van der Waals surface area contributed by atoms with Gasteiger partial charge in [0.05, 0.1) is 6.61 Å². The Morgan fingerprint density at radius 1 is 0.690 bits per heavy atom. The quantitative estimate of drug-likeness (QED) is 0.152. The van der Waals surface area contributed by atoms with Crippen molar-refractivity contribution in [1.29, 1.82) is 0 Å². The van der Waals surface area contributed by atoms with Crippen molar-refractivity contribution < 1.29 is 4.43 Å². The van der Waals surface area contributed by atoms with Crippen molar-refractivity contribution in [2.75, 3.05) is 0 Å². The van der Waals surface area contributed by atoms with Crippen LogP contribution in [0, 0.1) is 0 Å². The molecule has 0 heterocycles. The Hall–Kier alpha value is -0.863. The molecule has 166 valence electrons. The molecule has 0 bridgehead atoms. The molecular weight excluding hydrogens is 368 g/mol. The summed E-state index contributed by atoms with van der Waals surface area (Å²) in [5, 5.41) is 0. The molecule has 0 aliphatic carbocycles. The van der Waals surface area contributed by atoms with Crippen LogP contribution in [0.3, 0.4) is 0 Å². The highest BCUT2D eigenvalue weighted by Crippen LogP contribution is 2.27. The standard InChI is InChI=1S/C27H48OSi/c1-4-7-9-11-13-15-20-24-29(6-3,25-21-16-14-12-10-8-5-2)28-26-27-22-18-17-19-23-27/h6,17-19,22-23H,3-5,7-16,20-21,24-26H2,1-2H3. The van der Waals surface area contributed by atoms with Crippen LogP contribution in [0.1, 0.15) is 109 Å². The largest absolute Gasteiger partial charge is 0.409 e. The molecule has 0 aliphatic rings. The maximum Gasteiger partial charge on any atom is 0.217 e. The van der Waals surface area contributed by atoms with Gasteiger partial charge in [-0.05, 0) is 17.7 Å². The third-order valence-electron chi connectivity index (χ3n) is 6.15. The minimum absolute atomic E-state index is 0.756. The summed E-state index contributed by atoms with van der Waals surface area (Å²) in [4.78, 5) is 0. The van der Waals surface area contributed by atoms with Gasteiger partial charge in [-0.15, -0.1) is 6.58 Å². The lowest BCUT2D eigenvalue weighted by molar-refractivity contribution is 0.291. The van der Waals surface area contributed by atoms with E-state index in [4.69, 9.17) is 4.43 Å². The van der Waals surface area contributed by atoms with E-state index in [2.05, 4.69) is 56.5 Å². The smallest absolute Gasteiger partial charge is 0.217 e. The average Bonchev–Trinajstić information content (AvgIpc) is 2.76. The third-order valence-corrected chi connectivity index (χ3v) is 10.0. The van der Waals surface area contributed by atoms with Crippen molar-refractivity contribution in [3.63, 3.8) is 0 Å². The van der Waals surface area contributed by atoms with Gasteiger partial charge in [0, 0.05) is 0 Å². The first-order chi connectivity index (χ1) is 14.3. The van der Waals surface area contributed by atoms with Crippen LogP contribution in [0.2, 0.25) is 12.1 Å². The lowest BCUT2D eigenvalue weighted by atomic mass is 10.1. The van der Waals surface area contributed by atoms with E-state index in [9.17, 15) is 0 Å². The Morgan fingerprint density at radius 3 is 1.59 bits per heavy atom. The molecule has 2 heteroatoms. The number of hydrogen-bond acceptors (Lipinski definition) is 1. The normalized spacial score (nSPS) is 11.7. The van der Waals surface area contributed by atoms with E-state index in [1.165, 1.54) is 108 Å². The van der Waals surface area contributed by atoms with E-state index >= 15 is 0 Å². The van der Waals surface area contributed by atoms with Crippen molar-refractivity contribution in [2.45, 2.75) is 122 Å². The van der Waals surface area contributed by atoms with Crippen molar-refractivity contribution >= 4 is 8.32 Å². The minimum atomic E-state index is -1.84. The van der Waals surface area contributed by atoms with Crippen molar-refractivity contribution in [1.82, 2.24) is 0 Å². The molecule has 0 saturated heterocycles. The fraction of sp³-hybridized carbons (Fsp3) is 0.704. The van der Waals surface area contributed by atoms with Gasteiger partial charge < -0.3 is 4.43 Å². The molecule has 1 aromatic rings. The van der Waals surface area contributed by atoms with Crippen LogP contribution in [0.15, 0.2) is 42.6 Å². The molecule has 1 rings (SSSR count). The summed E-state index contributed by atoms with van der Waals surface area (Å²) in [6.07, 6.45) is 19.2. The predicted octanol–water partition coefficient (Wildman–Crippen LogP) is 9.38. The monoisotopic (exact) mass is 416 g/mol. The predicted molar refractivity (Wildman–Crippen MR) is 133 cm³/mol. The summed E-state index contributed by atoms with van der Waals surface area (Å²) < 4.78 is 6.68.